The summed E-state index contributed by atoms with van der Waals surface area (Å²) in [6.45, 7) is 1.89. The van der Waals surface area contributed by atoms with E-state index < -0.39 is 0 Å². The molecule has 0 bridgehead atoms. The van der Waals surface area contributed by atoms with E-state index in [2.05, 4.69) is 5.10 Å². The molecule has 15 heavy (non-hydrogen) atoms. The van der Waals surface area contributed by atoms with E-state index in [1.807, 2.05) is 6.92 Å². The number of halogens is 2. The maximum atomic E-state index is 5.90. The highest BCUT2D eigenvalue weighted by Gasteiger charge is 2.06. The molecule has 1 aromatic heterocycles. The Morgan fingerprint density at radius 2 is 1.80 bits per heavy atom. The molecule has 0 saturated carbocycles. The second-order valence-electron chi connectivity index (χ2n) is 3.22. The molecule has 0 atom stereocenters. The van der Waals surface area contributed by atoms with Gasteiger partial charge >= 0.3 is 0 Å². The lowest BCUT2D eigenvalue weighted by Crippen LogP contribution is -1.99. The summed E-state index contributed by atoms with van der Waals surface area (Å²) in [5.41, 5.74) is 8.03. The summed E-state index contributed by atoms with van der Waals surface area (Å²) in [6.07, 6.45) is 1.60. The molecule has 1 aromatic carbocycles. The second-order valence-corrected chi connectivity index (χ2v) is 4.10. The van der Waals surface area contributed by atoms with Crippen molar-refractivity contribution < 1.29 is 0 Å². The van der Waals surface area contributed by atoms with Crippen LogP contribution in [0.15, 0.2) is 24.4 Å². The predicted molar refractivity (Wildman–Crippen MR) is 62.7 cm³/mol. The first-order valence-corrected chi connectivity index (χ1v) is 5.10. The Morgan fingerprint density at radius 1 is 1.20 bits per heavy atom. The molecule has 1 heterocycles. The zero-order valence-electron chi connectivity index (χ0n) is 8.04. The van der Waals surface area contributed by atoms with E-state index >= 15 is 0 Å². The molecule has 0 aliphatic carbocycles. The van der Waals surface area contributed by atoms with E-state index in [1.165, 1.54) is 0 Å². The number of nitrogens with zero attached hydrogens (tertiary/aromatic N) is 2. The summed E-state index contributed by atoms with van der Waals surface area (Å²) in [6, 6.07) is 5.24. The number of hydrogen-bond donors (Lipinski definition) is 1. The van der Waals surface area contributed by atoms with E-state index in [-0.39, 0.29) is 0 Å². The minimum absolute atomic E-state index is 0.575. The van der Waals surface area contributed by atoms with E-state index in [1.54, 1.807) is 29.1 Å². The fraction of sp³-hybridized carbons (Fsp3) is 0.100. The summed E-state index contributed by atoms with van der Waals surface area (Å²) in [4.78, 5) is 0. The Bertz CT molecular complexity index is 485. The predicted octanol–water partition coefficient (Wildman–Crippen LogP) is 3.07. The maximum absolute atomic E-state index is 5.90. The van der Waals surface area contributed by atoms with Gasteiger partial charge in [0.1, 0.15) is 0 Å². The Morgan fingerprint density at radius 3 is 2.27 bits per heavy atom. The number of rotatable bonds is 1. The first-order chi connectivity index (χ1) is 7.08. The average Bonchev–Trinajstić information content (AvgIpc) is 2.46. The van der Waals surface area contributed by atoms with Crippen LogP contribution in [-0.4, -0.2) is 9.78 Å². The first-order valence-electron chi connectivity index (χ1n) is 4.34. The first kappa shape index (κ1) is 10.3. The van der Waals surface area contributed by atoms with Gasteiger partial charge in [0.25, 0.3) is 0 Å². The highest BCUT2D eigenvalue weighted by molar-refractivity contribution is 6.34. The third kappa shape index (κ3) is 1.94. The van der Waals surface area contributed by atoms with Crippen molar-refractivity contribution in [3.05, 3.63) is 40.1 Å². The highest BCUT2D eigenvalue weighted by atomic mass is 35.5. The number of nitrogen functional groups attached to an aromatic ring is 1. The molecule has 2 rings (SSSR count). The number of hydrogen-bond acceptors (Lipinski definition) is 2. The molecule has 0 aliphatic rings. The fourth-order valence-electron chi connectivity index (χ4n) is 1.34. The summed E-state index contributed by atoms with van der Waals surface area (Å²) in [5, 5.41) is 5.29. The SMILES string of the molecule is Cc1c(N)cnn1-c1cc(Cl)cc(Cl)c1. The van der Waals surface area contributed by atoms with Gasteiger partial charge in [0.2, 0.25) is 0 Å². The molecule has 5 heteroatoms. The fourth-order valence-corrected chi connectivity index (χ4v) is 1.86. The summed E-state index contributed by atoms with van der Waals surface area (Å²) >= 11 is 11.8. The van der Waals surface area contributed by atoms with Gasteiger partial charge < -0.3 is 5.73 Å². The van der Waals surface area contributed by atoms with Gasteiger partial charge in [0, 0.05) is 10.0 Å². The maximum Gasteiger partial charge on any atom is 0.0734 e. The van der Waals surface area contributed by atoms with Crippen LogP contribution in [0.5, 0.6) is 0 Å². The second kappa shape index (κ2) is 3.76. The molecule has 0 unspecified atom stereocenters. The van der Waals surface area contributed by atoms with E-state index in [4.69, 9.17) is 28.9 Å². The van der Waals surface area contributed by atoms with Gasteiger partial charge in [-0.2, -0.15) is 5.10 Å². The largest absolute Gasteiger partial charge is 0.396 e. The molecule has 0 radical (unpaired) electrons. The number of nitrogens with two attached hydrogens (primary N) is 1. The summed E-state index contributed by atoms with van der Waals surface area (Å²) < 4.78 is 1.70. The Kier molecular flexibility index (Phi) is 2.59. The third-order valence-corrected chi connectivity index (χ3v) is 2.58. The summed E-state index contributed by atoms with van der Waals surface area (Å²) in [5.74, 6) is 0. The average molecular weight is 242 g/mol. The monoisotopic (exact) mass is 241 g/mol. The Labute approximate surface area is 97.4 Å². The van der Waals surface area contributed by atoms with Crippen molar-refractivity contribution in [3.63, 3.8) is 0 Å². The minimum Gasteiger partial charge on any atom is -0.396 e. The van der Waals surface area contributed by atoms with Crippen LogP contribution in [0.2, 0.25) is 10.0 Å². The Hall–Kier alpha value is -1.19. The lowest BCUT2D eigenvalue weighted by molar-refractivity contribution is 0.848. The van der Waals surface area contributed by atoms with Crippen LogP contribution in [-0.2, 0) is 0 Å². The third-order valence-electron chi connectivity index (χ3n) is 2.14. The van der Waals surface area contributed by atoms with Crippen molar-refractivity contribution in [3.8, 4) is 5.69 Å². The molecule has 0 amide bonds. The van der Waals surface area contributed by atoms with E-state index in [0.717, 1.165) is 11.4 Å². The van der Waals surface area contributed by atoms with Gasteiger partial charge in [-0.05, 0) is 25.1 Å². The molecule has 2 N–H and O–H groups in total. The van der Waals surface area contributed by atoms with Crippen molar-refractivity contribution in [2.45, 2.75) is 6.92 Å². The van der Waals surface area contributed by atoms with E-state index in [0.29, 0.717) is 15.7 Å². The van der Waals surface area contributed by atoms with Crippen LogP contribution in [0.1, 0.15) is 5.69 Å². The molecule has 0 aliphatic heterocycles. The van der Waals surface area contributed by atoms with Crippen LogP contribution in [0, 0.1) is 6.92 Å². The van der Waals surface area contributed by atoms with Crippen molar-refractivity contribution in [2.24, 2.45) is 0 Å². The lowest BCUT2D eigenvalue weighted by Gasteiger charge is -2.05. The molecule has 0 saturated heterocycles. The zero-order valence-corrected chi connectivity index (χ0v) is 9.55. The van der Waals surface area contributed by atoms with Crippen LogP contribution in [0.25, 0.3) is 5.69 Å². The van der Waals surface area contributed by atoms with Gasteiger partial charge in [0.15, 0.2) is 0 Å². The molecule has 78 valence electrons. The van der Waals surface area contributed by atoms with Crippen LogP contribution >= 0.6 is 23.2 Å². The number of aromatic nitrogens is 2. The summed E-state index contributed by atoms with van der Waals surface area (Å²) in [7, 11) is 0. The normalized spacial score (nSPS) is 10.6. The van der Waals surface area contributed by atoms with Crippen molar-refractivity contribution in [1.29, 1.82) is 0 Å². The molecule has 2 aromatic rings. The zero-order chi connectivity index (χ0) is 11.0. The smallest absolute Gasteiger partial charge is 0.0734 e. The number of benzene rings is 1. The molecule has 0 fully saturated rings. The number of anilines is 1. The van der Waals surface area contributed by atoms with Crippen LogP contribution in [0.3, 0.4) is 0 Å². The van der Waals surface area contributed by atoms with Gasteiger partial charge in [-0.15, -0.1) is 0 Å². The van der Waals surface area contributed by atoms with Crippen molar-refractivity contribution in [1.82, 2.24) is 9.78 Å². The van der Waals surface area contributed by atoms with Gasteiger partial charge in [-0.3, -0.25) is 0 Å². The quantitative estimate of drug-likeness (QED) is 0.835. The molecule has 3 nitrogen and oxygen atoms in total. The van der Waals surface area contributed by atoms with Gasteiger partial charge in [-0.25, -0.2) is 4.68 Å². The molecule has 0 spiro atoms. The minimum atomic E-state index is 0.575. The van der Waals surface area contributed by atoms with Crippen molar-refractivity contribution in [2.75, 3.05) is 5.73 Å². The van der Waals surface area contributed by atoms with Crippen LogP contribution in [0.4, 0.5) is 5.69 Å². The van der Waals surface area contributed by atoms with Crippen molar-refractivity contribution >= 4 is 28.9 Å². The topological polar surface area (TPSA) is 43.8 Å². The standard InChI is InChI=1S/C10H9Cl2N3/c1-6-10(13)5-14-15(6)9-3-7(11)2-8(12)4-9/h2-5H,13H2,1H3. The van der Waals surface area contributed by atoms with Gasteiger partial charge in [0.05, 0.1) is 23.3 Å². The molecular formula is C10H9Cl2N3. The van der Waals surface area contributed by atoms with Gasteiger partial charge in [-0.1, -0.05) is 23.2 Å². The molecular weight excluding hydrogens is 233 g/mol. The lowest BCUT2D eigenvalue weighted by atomic mass is 10.3. The highest BCUT2D eigenvalue weighted by Crippen LogP contribution is 2.23. The van der Waals surface area contributed by atoms with E-state index in [9.17, 15) is 0 Å². The Balaban J connectivity index is 2.58. The van der Waals surface area contributed by atoms with Crippen LogP contribution < -0.4 is 5.73 Å².